The van der Waals surface area contributed by atoms with E-state index in [2.05, 4.69) is 5.32 Å². The summed E-state index contributed by atoms with van der Waals surface area (Å²) in [7, 11) is 0. The molecule has 0 bridgehead atoms. The molecule has 1 aromatic carbocycles. The maximum absolute atomic E-state index is 12.0. The second kappa shape index (κ2) is 7.70. The van der Waals surface area contributed by atoms with Crippen molar-refractivity contribution in [1.82, 2.24) is 5.32 Å². The zero-order chi connectivity index (χ0) is 14.7. The number of fused-ring (bicyclic) bond motifs is 1. The van der Waals surface area contributed by atoms with Crippen molar-refractivity contribution in [3.63, 3.8) is 0 Å². The number of hydrogen-bond donors (Lipinski definition) is 2. The molecule has 22 heavy (non-hydrogen) atoms. The summed E-state index contributed by atoms with van der Waals surface area (Å²) in [6.45, 7) is 1.72. The molecule has 122 valence electrons. The number of halogens is 1. The van der Waals surface area contributed by atoms with Gasteiger partial charge >= 0.3 is 0 Å². The Hall–Kier alpha value is -1.46. The predicted octanol–water partition coefficient (Wildman–Crippen LogP) is 2.19. The van der Waals surface area contributed by atoms with Gasteiger partial charge in [-0.3, -0.25) is 4.79 Å². The minimum absolute atomic E-state index is 0. The van der Waals surface area contributed by atoms with Crippen LogP contribution in [-0.2, 0) is 4.79 Å². The minimum atomic E-state index is 0. The molecule has 1 unspecified atom stereocenters. The van der Waals surface area contributed by atoms with Crippen LogP contribution in [0.4, 0.5) is 0 Å². The Morgan fingerprint density at radius 3 is 2.68 bits per heavy atom. The van der Waals surface area contributed by atoms with Gasteiger partial charge in [0.15, 0.2) is 11.5 Å². The van der Waals surface area contributed by atoms with Crippen molar-refractivity contribution < 1.29 is 14.3 Å². The third-order valence-corrected chi connectivity index (χ3v) is 3.94. The maximum atomic E-state index is 12.0. The standard InChI is InChI=1S/C16H22N2O3.ClH/c17-7-1-2-15(19)18-16(11-3-4-11)12-5-6-13-14(10-12)21-9-8-20-13;/h5-6,10-11,16H,1-4,7-9,17H2,(H,18,19);1H. The molecule has 6 heteroatoms. The fourth-order valence-corrected chi connectivity index (χ4v) is 2.66. The Labute approximate surface area is 137 Å². The van der Waals surface area contributed by atoms with E-state index in [9.17, 15) is 4.79 Å². The van der Waals surface area contributed by atoms with Gasteiger partial charge in [0.25, 0.3) is 0 Å². The summed E-state index contributed by atoms with van der Waals surface area (Å²) < 4.78 is 11.2. The molecule has 3 N–H and O–H groups in total. The van der Waals surface area contributed by atoms with Gasteiger partial charge in [-0.2, -0.15) is 0 Å². The van der Waals surface area contributed by atoms with Gasteiger partial charge in [-0.05, 0) is 49.4 Å². The van der Waals surface area contributed by atoms with Crippen molar-refractivity contribution >= 4 is 18.3 Å². The van der Waals surface area contributed by atoms with Crippen LogP contribution >= 0.6 is 12.4 Å². The summed E-state index contributed by atoms with van der Waals surface area (Å²) in [5, 5.41) is 3.15. The normalized spacial score (nSPS) is 17.3. The summed E-state index contributed by atoms with van der Waals surface area (Å²) >= 11 is 0. The highest BCUT2D eigenvalue weighted by Crippen LogP contribution is 2.43. The Morgan fingerprint density at radius 2 is 2.00 bits per heavy atom. The van der Waals surface area contributed by atoms with E-state index in [1.165, 1.54) is 0 Å². The van der Waals surface area contributed by atoms with Crippen molar-refractivity contribution in [2.24, 2.45) is 11.7 Å². The van der Waals surface area contributed by atoms with E-state index >= 15 is 0 Å². The lowest BCUT2D eigenvalue weighted by molar-refractivity contribution is -0.122. The van der Waals surface area contributed by atoms with Crippen molar-refractivity contribution in [2.45, 2.75) is 31.7 Å². The zero-order valence-electron chi connectivity index (χ0n) is 12.5. The van der Waals surface area contributed by atoms with Crippen LogP contribution in [0.1, 0.15) is 37.3 Å². The highest BCUT2D eigenvalue weighted by Gasteiger charge is 2.34. The molecule has 0 saturated heterocycles. The van der Waals surface area contributed by atoms with E-state index in [-0.39, 0.29) is 24.4 Å². The second-order valence-electron chi connectivity index (χ2n) is 5.68. The summed E-state index contributed by atoms with van der Waals surface area (Å²) in [6, 6.07) is 6.04. The van der Waals surface area contributed by atoms with Gasteiger partial charge in [0.05, 0.1) is 6.04 Å². The van der Waals surface area contributed by atoms with Crippen LogP contribution in [-0.4, -0.2) is 25.7 Å². The first-order chi connectivity index (χ1) is 10.3. The number of hydrogen-bond acceptors (Lipinski definition) is 4. The molecule has 0 radical (unpaired) electrons. The molecule has 1 saturated carbocycles. The molecule has 1 fully saturated rings. The molecular formula is C16H23ClN2O3. The van der Waals surface area contributed by atoms with Crippen LogP contribution in [0.5, 0.6) is 11.5 Å². The second-order valence-corrected chi connectivity index (χ2v) is 5.68. The van der Waals surface area contributed by atoms with Gasteiger partial charge in [-0.1, -0.05) is 6.07 Å². The molecule has 1 amide bonds. The molecule has 1 aliphatic carbocycles. The molecule has 1 atom stereocenters. The van der Waals surface area contributed by atoms with E-state index in [0.29, 0.717) is 32.1 Å². The van der Waals surface area contributed by atoms with E-state index in [1.807, 2.05) is 18.2 Å². The number of nitrogens with one attached hydrogen (secondary N) is 1. The third-order valence-electron chi connectivity index (χ3n) is 3.94. The number of benzene rings is 1. The lowest BCUT2D eigenvalue weighted by Gasteiger charge is -2.23. The third kappa shape index (κ3) is 4.05. The van der Waals surface area contributed by atoms with Crippen LogP contribution < -0.4 is 20.5 Å². The Bertz CT molecular complexity index is 520. The van der Waals surface area contributed by atoms with E-state index in [1.54, 1.807) is 0 Å². The molecule has 0 aromatic heterocycles. The zero-order valence-corrected chi connectivity index (χ0v) is 13.4. The Morgan fingerprint density at radius 1 is 1.27 bits per heavy atom. The SMILES string of the molecule is Cl.NCCCC(=O)NC(c1ccc2c(c1)OCCO2)C1CC1. The topological polar surface area (TPSA) is 73.6 Å². The van der Waals surface area contributed by atoms with E-state index in [0.717, 1.165) is 36.3 Å². The Balaban J connectivity index is 0.00000176. The number of carbonyl (C=O) groups is 1. The first-order valence-corrected chi connectivity index (χ1v) is 7.67. The van der Waals surface area contributed by atoms with Gasteiger partial charge in [-0.15, -0.1) is 12.4 Å². The van der Waals surface area contributed by atoms with Crippen LogP contribution in [0.2, 0.25) is 0 Å². The van der Waals surface area contributed by atoms with Crippen LogP contribution in [0.3, 0.4) is 0 Å². The quantitative estimate of drug-likeness (QED) is 0.840. The van der Waals surface area contributed by atoms with E-state index < -0.39 is 0 Å². The molecule has 1 aliphatic heterocycles. The van der Waals surface area contributed by atoms with Crippen molar-refractivity contribution in [3.8, 4) is 11.5 Å². The molecule has 0 spiro atoms. The highest BCUT2D eigenvalue weighted by atomic mass is 35.5. The first-order valence-electron chi connectivity index (χ1n) is 7.67. The van der Waals surface area contributed by atoms with Crippen LogP contribution in [0.25, 0.3) is 0 Å². The lowest BCUT2D eigenvalue weighted by Crippen LogP contribution is -2.30. The molecular weight excluding hydrogens is 304 g/mol. The summed E-state index contributed by atoms with van der Waals surface area (Å²) in [5.41, 5.74) is 6.56. The number of amides is 1. The van der Waals surface area contributed by atoms with Gasteiger partial charge in [-0.25, -0.2) is 0 Å². The molecule has 1 aromatic rings. The van der Waals surface area contributed by atoms with Gasteiger partial charge in [0.2, 0.25) is 5.91 Å². The largest absolute Gasteiger partial charge is 0.486 e. The summed E-state index contributed by atoms with van der Waals surface area (Å²) in [4.78, 5) is 12.0. The maximum Gasteiger partial charge on any atom is 0.220 e. The number of carbonyl (C=O) groups excluding carboxylic acids is 1. The average molecular weight is 327 g/mol. The molecule has 3 rings (SSSR count). The van der Waals surface area contributed by atoms with Crippen molar-refractivity contribution in [3.05, 3.63) is 23.8 Å². The van der Waals surface area contributed by atoms with Crippen molar-refractivity contribution in [1.29, 1.82) is 0 Å². The molecule has 1 heterocycles. The van der Waals surface area contributed by atoms with Crippen molar-refractivity contribution in [2.75, 3.05) is 19.8 Å². The van der Waals surface area contributed by atoms with Crippen LogP contribution in [0, 0.1) is 5.92 Å². The van der Waals surface area contributed by atoms with Gasteiger partial charge < -0.3 is 20.5 Å². The average Bonchev–Trinajstić information content (AvgIpc) is 3.35. The fourth-order valence-electron chi connectivity index (χ4n) is 2.66. The minimum Gasteiger partial charge on any atom is -0.486 e. The van der Waals surface area contributed by atoms with Crippen LogP contribution in [0.15, 0.2) is 18.2 Å². The molecule has 5 nitrogen and oxygen atoms in total. The van der Waals surface area contributed by atoms with E-state index in [4.69, 9.17) is 15.2 Å². The highest BCUT2D eigenvalue weighted by molar-refractivity contribution is 5.85. The smallest absolute Gasteiger partial charge is 0.220 e. The summed E-state index contributed by atoms with van der Waals surface area (Å²) in [5.74, 6) is 2.18. The number of nitrogens with two attached hydrogens (primary N) is 1. The van der Waals surface area contributed by atoms with Gasteiger partial charge in [0.1, 0.15) is 13.2 Å². The number of rotatable bonds is 6. The van der Waals surface area contributed by atoms with Gasteiger partial charge in [0, 0.05) is 6.42 Å². The fraction of sp³-hybridized carbons (Fsp3) is 0.562. The monoisotopic (exact) mass is 326 g/mol. The summed E-state index contributed by atoms with van der Waals surface area (Å²) in [6.07, 6.45) is 3.54. The Kier molecular flexibility index (Phi) is 5.91. The number of ether oxygens (including phenoxy) is 2. The first kappa shape index (κ1) is 16.9. The lowest BCUT2D eigenvalue weighted by atomic mass is 10.0. The molecule has 2 aliphatic rings. The predicted molar refractivity (Wildman–Crippen MR) is 86.6 cm³/mol.